The summed E-state index contributed by atoms with van der Waals surface area (Å²) < 4.78 is 18.7. The highest BCUT2D eigenvalue weighted by Gasteiger charge is 2.58. The summed E-state index contributed by atoms with van der Waals surface area (Å²) in [5.74, 6) is -0.313. The van der Waals surface area contributed by atoms with Crippen molar-refractivity contribution in [2.45, 2.75) is 70.9 Å². The van der Waals surface area contributed by atoms with Crippen LogP contribution in [0.1, 0.15) is 57.9 Å². The average Bonchev–Trinajstić information content (AvgIpc) is 3.07. The van der Waals surface area contributed by atoms with Crippen LogP contribution >= 0.6 is 0 Å². The van der Waals surface area contributed by atoms with Crippen molar-refractivity contribution in [3.8, 4) is 0 Å². The van der Waals surface area contributed by atoms with Crippen molar-refractivity contribution in [1.82, 2.24) is 0 Å². The van der Waals surface area contributed by atoms with Gasteiger partial charge in [-0.05, 0) is 38.2 Å². The predicted molar refractivity (Wildman–Crippen MR) is 96.1 cm³/mol. The monoisotopic (exact) mass is 346 g/mol. The third-order valence-corrected chi connectivity index (χ3v) is 5.83. The quantitative estimate of drug-likeness (QED) is 0.740. The third-order valence-electron chi connectivity index (χ3n) is 5.83. The van der Waals surface area contributed by atoms with E-state index in [1.54, 1.807) is 6.92 Å². The maximum absolute atomic E-state index is 11.4. The molecule has 1 aromatic rings. The Hall–Kier alpha value is -1.23. The number of hydrogen-bond acceptors (Lipinski definition) is 4. The standard InChI is InChI=1S/C21H30O4/c1-17(22)8-6-12-20(2)19(23-16-18-9-4-3-5-10-18)11-7-13-21(20)24-14-15-25-21/h3-5,9-10,19H,6-8,11-16H2,1-2H3. The minimum Gasteiger partial charge on any atom is -0.373 e. The fraction of sp³-hybridized carbons (Fsp3) is 0.667. The van der Waals surface area contributed by atoms with E-state index in [1.165, 1.54) is 5.56 Å². The van der Waals surface area contributed by atoms with Crippen molar-refractivity contribution in [3.05, 3.63) is 35.9 Å². The van der Waals surface area contributed by atoms with Gasteiger partial charge in [0.15, 0.2) is 5.79 Å². The van der Waals surface area contributed by atoms with Crippen LogP contribution in [-0.2, 0) is 25.6 Å². The molecule has 1 saturated heterocycles. The van der Waals surface area contributed by atoms with E-state index in [0.717, 1.165) is 32.1 Å². The van der Waals surface area contributed by atoms with Gasteiger partial charge in [0, 0.05) is 18.3 Å². The number of ketones is 1. The summed E-state index contributed by atoms with van der Waals surface area (Å²) in [5, 5.41) is 0. The molecule has 2 fully saturated rings. The number of carbonyl (C=O) groups is 1. The Morgan fingerprint density at radius 1 is 1.24 bits per heavy atom. The molecule has 2 unspecified atom stereocenters. The summed E-state index contributed by atoms with van der Waals surface area (Å²) in [4.78, 5) is 11.4. The van der Waals surface area contributed by atoms with Crippen LogP contribution in [0.5, 0.6) is 0 Å². The maximum atomic E-state index is 11.4. The van der Waals surface area contributed by atoms with Crippen LogP contribution in [0.15, 0.2) is 30.3 Å². The Morgan fingerprint density at radius 2 is 1.96 bits per heavy atom. The first-order chi connectivity index (χ1) is 12.1. The van der Waals surface area contributed by atoms with E-state index in [4.69, 9.17) is 14.2 Å². The van der Waals surface area contributed by atoms with Gasteiger partial charge in [0.25, 0.3) is 0 Å². The van der Waals surface area contributed by atoms with E-state index in [1.807, 2.05) is 18.2 Å². The Bertz CT molecular complexity index is 565. The fourth-order valence-corrected chi connectivity index (χ4v) is 4.39. The van der Waals surface area contributed by atoms with Crippen LogP contribution in [0.2, 0.25) is 0 Å². The lowest BCUT2D eigenvalue weighted by atomic mass is 9.65. The lowest BCUT2D eigenvalue weighted by Gasteiger charge is -2.52. The highest BCUT2D eigenvalue weighted by Crippen LogP contribution is 2.53. The highest BCUT2D eigenvalue weighted by molar-refractivity contribution is 5.75. The molecule has 0 aromatic heterocycles. The molecule has 1 heterocycles. The number of ether oxygens (including phenoxy) is 3. The predicted octanol–water partition coefficient (Wildman–Crippen LogP) is 4.26. The molecule has 0 radical (unpaired) electrons. The lowest BCUT2D eigenvalue weighted by molar-refractivity contribution is -0.289. The van der Waals surface area contributed by atoms with Gasteiger partial charge in [0.1, 0.15) is 5.78 Å². The number of hydrogen-bond donors (Lipinski definition) is 0. The normalized spacial score (nSPS) is 28.3. The second-order valence-electron chi connectivity index (χ2n) is 7.60. The van der Waals surface area contributed by atoms with Gasteiger partial charge >= 0.3 is 0 Å². The minimum atomic E-state index is -0.552. The first kappa shape index (κ1) is 18.6. The van der Waals surface area contributed by atoms with Gasteiger partial charge in [-0.15, -0.1) is 0 Å². The molecule has 1 saturated carbocycles. The summed E-state index contributed by atoms with van der Waals surface area (Å²) >= 11 is 0. The summed E-state index contributed by atoms with van der Waals surface area (Å²) in [6, 6.07) is 10.3. The first-order valence-corrected chi connectivity index (χ1v) is 9.49. The van der Waals surface area contributed by atoms with Gasteiger partial charge in [-0.1, -0.05) is 37.3 Å². The van der Waals surface area contributed by atoms with Gasteiger partial charge in [-0.2, -0.15) is 0 Å². The summed E-state index contributed by atoms with van der Waals surface area (Å²) in [7, 11) is 0. The van der Waals surface area contributed by atoms with Crippen LogP contribution in [0, 0.1) is 5.41 Å². The van der Waals surface area contributed by atoms with E-state index in [2.05, 4.69) is 19.1 Å². The Balaban J connectivity index is 1.74. The zero-order valence-corrected chi connectivity index (χ0v) is 15.5. The molecule has 0 N–H and O–H groups in total. The molecular weight excluding hydrogens is 316 g/mol. The van der Waals surface area contributed by atoms with Crippen molar-refractivity contribution in [1.29, 1.82) is 0 Å². The number of Topliss-reactive ketones (excluding diaryl/α,β-unsaturated/α-hetero) is 1. The van der Waals surface area contributed by atoms with Crippen molar-refractivity contribution < 1.29 is 19.0 Å². The molecule has 2 aliphatic rings. The largest absolute Gasteiger partial charge is 0.373 e. The van der Waals surface area contributed by atoms with Crippen molar-refractivity contribution in [2.24, 2.45) is 5.41 Å². The molecule has 4 nitrogen and oxygen atoms in total. The average molecular weight is 346 g/mol. The van der Waals surface area contributed by atoms with Crippen LogP contribution in [0.4, 0.5) is 0 Å². The molecule has 4 heteroatoms. The Kier molecular flexibility index (Phi) is 5.92. The SMILES string of the molecule is CC(=O)CCCC1(C)C(OCc2ccccc2)CCCC12OCCO2. The summed E-state index contributed by atoms with van der Waals surface area (Å²) in [6.07, 6.45) is 5.38. The van der Waals surface area contributed by atoms with E-state index >= 15 is 0 Å². The number of benzene rings is 1. The Morgan fingerprint density at radius 3 is 2.64 bits per heavy atom. The van der Waals surface area contributed by atoms with Gasteiger partial charge in [0.05, 0.1) is 25.9 Å². The van der Waals surface area contributed by atoms with Crippen molar-refractivity contribution >= 4 is 5.78 Å². The molecule has 138 valence electrons. The van der Waals surface area contributed by atoms with Gasteiger partial charge < -0.3 is 19.0 Å². The van der Waals surface area contributed by atoms with E-state index in [9.17, 15) is 4.79 Å². The van der Waals surface area contributed by atoms with Gasteiger partial charge in [-0.3, -0.25) is 0 Å². The van der Waals surface area contributed by atoms with Crippen LogP contribution in [0.25, 0.3) is 0 Å². The van der Waals surface area contributed by atoms with Crippen LogP contribution in [0.3, 0.4) is 0 Å². The maximum Gasteiger partial charge on any atom is 0.176 e. The molecular formula is C21H30O4. The summed E-state index contributed by atoms with van der Waals surface area (Å²) in [5.41, 5.74) is 0.952. The second-order valence-corrected chi connectivity index (χ2v) is 7.60. The molecule has 1 spiro atoms. The first-order valence-electron chi connectivity index (χ1n) is 9.49. The molecule has 25 heavy (non-hydrogen) atoms. The van der Waals surface area contributed by atoms with E-state index < -0.39 is 5.79 Å². The minimum absolute atomic E-state index is 0.0755. The second kappa shape index (κ2) is 7.98. The Labute approximate surface area is 150 Å². The van der Waals surface area contributed by atoms with Gasteiger partial charge in [-0.25, -0.2) is 0 Å². The highest BCUT2D eigenvalue weighted by atomic mass is 16.7. The molecule has 0 amide bonds. The van der Waals surface area contributed by atoms with Crippen LogP contribution in [-0.4, -0.2) is 30.9 Å². The zero-order valence-electron chi connectivity index (χ0n) is 15.5. The van der Waals surface area contributed by atoms with Crippen molar-refractivity contribution in [3.63, 3.8) is 0 Å². The fourth-order valence-electron chi connectivity index (χ4n) is 4.39. The third kappa shape index (κ3) is 3.97. The smallest absolute Gasteiger partial charge is 0.176 e. The van der Waals surface area contributed by atoms with Crippen molar-refractivity contribution in [2.75, 3.05) is 13.2 Å². The summed E-state index contributed by atoms with van der Waals surface area (Å²) in [6.45, 7) is 5.78. The number of carbonyl (C=O) groups excluding carboxylic acids is 1. The molecule has 1 aliphatic heterocycles. The van der Waals surface area contributed by atoms with E-state index in [0.29, 0.717) is 26.2 Å². The molecule has 0 bridgehead atoms. The zero-order chi connectivity index (χ0) is 17.8. The molecule has 1 aromatic carbocycles. The van der Waals surface area contributed by atoms with Crippen LogP contribution < -0.4 is 0 Å². The number of rotatable bonds is 7. The molecule has 2 atom stereocenters. The lowest BCUT2D eigenvalue weighted by Crippen LogP contribution is -2.57. The topological polar surface area (TPSA) is 44.8 Å². The molecule has 3 rings (SSSR count). The molecule has 1 aliphatic carbocycles. The van der Waals surface area contributed by atoms with E-state index in [-0.39, 0.29) is 17.3 Å². The van der Waals surface area contributed by atoms with Gasteiger partial charge in [0.2, 0.25) is 0 Å².